The van der Waals surface area contributed by atoms with E-state index in [9.17, 15) is 14.7 Å². The van der Waals surface area contributed by atoms with Crippen molar-refractivity contribution in [3.63, 3.8) is 0 Å². The fraction of sp³-hybridized carbons (Fsp3) is 0.135. The molecule has 0 aliphatic heterocycles. The van der Waals surface area contributed by atoms with Gasteiger partial charge in [0.25, 0.3) is 0 Å². The Morgan fingerprint density at radius 1 is 0.721 bits per heavy atom. The van der Waals surface area contributed by atoms with Crippen LogP contribution in [0, 0.1) is 0 Å². The van der Waals surface area contributed by atoms with Crippen LogP contribution >= 0.6 is 0 Å². The molecule has 5 nitrogen and oxygen atoms in total. The molecular formula is C37H30NO4Se. The van der Waals surface area contributed by atoms with Gasteiger partial charge in [0.2, 0.25) is 0 Å². The number of carbonyl (C=O) groups excluding carboxylic acids is 1. The summed E-state index contributed by atoms with van der Waals surface area (Å²) in [6.45, 7) is 0.0146. The number of ether oxygens (including phenoxy) is 1. The van der Waals surface area contributed by atoms with E-state index in [4.69, 9.17) is 4.74 Å². The first-order valence-electron chi connectivity index (χ1n) is 14.2. The van der Waals surface area contributed by atoms with Crippen molar-refractivity contribution in [3.8, 4) is 11.1 Å². The molecule has 0 saturated heterocycles. The standard InChI is InChI=1S/C37H30NO4Se/c39-35(40)34(25-43)38(36(41)42-24-27-14-12-22-32-31-21-11-10-13-26(31)23-33(27)32)37(28-15-4-1-5-16-28,29-17-6-2-7-18-29)30-19-8-3-9-20-30/h1-22,34H,23-25H2,(H,39,40)/t34-/m0/s1. The fourth-order valence-electron chi connectivity index (χ4n) is 6.28. The third-order valence-electron chi connectivity index (χ3n) is 8.19. The van der Waals surface area contributed by atoms with E-state index in [-0.39, 0.29) is 11.9 Å². The zero-order chi connectivity index (χ0) is 29.8. The molecule has 1 aliphatic rings. The predicted octanol–water partition coefficient (Wildman–Crippen LogP) is 7.23. The molecule has 43 heavy (non-hydrogen) atoms. The Morgan fingerprint density at radius 2 is 1.23 bits per heavy atom. The molecule has 6 rings (SSSR count). The molecule has 0 bridgehead atoms. The molecule has 0 aromatic heterocycles. The van der Waals surface area contributed by atoms with Crippen molar-refractivity contribution < 1.29 is 19.4 Å². The number of rotatable bonds is 9. The molecular weight excluding hydrogens is 601 g/mol. The molecule has 1 amide bonds. The van der Waals surface area contributed by atoms with Crippen molar-refractivity contribution in [3.05, 3.63) is 167 Å². The summed E-state index contributed by atoms with van der Waals surface area (Å²) < 4.78 is 6.13. The maximum atomic E-state index is 14.5. The molecule has 0 saturated carbocycles. The number of aliphatic carboxylic acids is 1. The summed E-state index contributed by atoms with van der Waals surface area (Å²) >= 11 is 2.87. The van der Waals surface area contributed by atoms with Crippen LogP contribution in [0.4, 0.5) is 4.79 Å². The summed E-state index contributed by atoms with van der Waals surface area (Å²) in [5.41, 5.74) is 6.55. The molecule has 0 fully saturated rings. The van der Waals surface area contributed by atoms with E-state index in [0.29, 0.717) is 0 Å². The zero-order valence-corrected chi connectivity index (χ0v) is 25.1. The summed E-state index contributed by atoms with van der Waals surface area (Å²) in [6.07, 6.45) is 0.0411. The van der Waals surface area contributed by atoms with E-state index in [1.807, 2.05) is 115 Å². The minimum atomic E-state index is -1.30. The molecule has 1 radical (unpaired) electrons. The number of hydrogen-bond acceptors (Lipinski definition) is 3. The first kappa shape index (κ1) is 28.5. The van der Waals surface area contributed by atoms with Crippen LogP contribution in [0.15, 0.2) is 133 Å². The van der Waals surface area contributed by atoms with Gasteiger partial charge < -0.3 is 0 Å². The van der Waals surface area contributed by atoms with Gasteiger partial charge in [0.05, 0.1) is 0 Å². The van der Waals surface area contributed by atoms with Gasteiger partial charge >= 0.3 is 260 Å². The topological polar surface area (TPSA) is 66.8 Å². The third kappa shape index (κ3) is 5.14. The van der Waals surface area contributed by atoms with Gasteiger partial charge in [-0.15, -0.1) is 0 Å². The van der Waals surface area contributed by atoms with Crippen LogP contribution in [0.25, 0.3) is 11.1 Å². The van der Waals surface area contributed by atoms with Crippen LogP contribution in [0.5, 0.6) is 0 Å². The maximum absolute atomic E-state index is 14.5. The van der Waals surface area contributed by atoms with Crippen molar-refractivity contribution in [1.29, 1.82) is 0 Å². The third-order valence-corrected chi connectivity index (χ3v) is 8.85. The fourth-order valence-corrected chi connectivity index (χ4v) is 6.89. The Labute approximate surface area is 259 Å². The van der Waals surface area contributed by atoms with Crippen molar-refractivity contribution >= 4 is 28.1 Å². The number of carboxylic acids is 1. The summed E-state index contributed by atoms with van der Waals surface area (Å²) in [5, 5.41) is 10.6. The van der Waals surface area contributed by atoms with Gasteiger partial charge in [0.1, 0.15) is 0 Å². The quantitative estimate of drug-likeness (QED) is 0.135. The average molecular weight is 632 g/mol. The van der Waals surface area contributed by atoms with Gasteiger partial charge in [-0.05, 0) is 0 Å². The first-order chi connectivity index (χ1) is 21.1. The van der Waals surface area contributed by atoms with E-state index < -0.39 is 23.6 Å². The van der Waals surface area contributed by atoms with Gasteiger partial charge in [0, 0.05) is 0 Å². The number of amides is 1. The molecule has 1 N–H and O–H groups in total. The Morgan fingerprint density at radius 3 is 1.77 bits per heavy atom. The second-order valence-corrected chi connectivity index (χ2v) is 11.2. The number of hydrogen-bond donors (Lipinski definition) is 1. The van der Waals surface area contributed by atoms with Gasteiger partial charge in [0.15, 0.2) is 0 Å². The summed E-state index contributed by atoms with van der Waals surface area (Å²) in [7, 11) is 0. The Balaban J connectivity index is 1.49. The minimum absolute atomic E-state index is 0.0146. The summed E-state index contributed by atoms with van der Waals surface area (Å²) in [4.78, 5) is 28.8. The van der Waals surface area contributed by atoms with E-state index in [1.165, 1.54) is 16.0 Å². The average Bonchev–Trinajstić information content (AvgIpc) is 3.44. The molecule has 5 aromatic rings. The number of carboxylic acid groups (broad SMARTS) is 1. The van der Waals surface area contributed by atoms with Crippen molar-refractivity contribution in [1.82, 2.24) is 4.90 Å². The number of carbonyl (C=O) groups is 2. The molecule has 6 heteroatoms. The number of benzene rings is 5. The molecule has 1 atom stereocenters. The molecule has 0 spiro atoms. The van der Waals surface area contributed by atoms with E-state index in [0.717, 1.165) is 39.8 Å². The van der Waals surface area contributed by atoms with Crippen molar-refractivity contribution in [2.45, 2.75) is 29.9 Å². The van der Waals surface area contributed by atoms with Crippen molar-refractivity contribution in [2.24, 2.45) is 0 Å². The van der Waals surface area contributed by atoms with Crippen molar-refractivity contribution in [2.75, 3.05) is 0 Å². The molecule has 0 heterocycles. The van der Waals surface area contributed by atoms with Crippen LogP contribution in [0.2, 0.25) is 5.32 Å². The van der Waals surface area contributed by atoms with E-state index in [2.05, 4.69) is 34.2 Å². The number of nitrogens with zero attached hydrogens (tertiary/aromatic N) is 1. The number of fused-ring (bicyclic) bond motifs is 3. The predicted molar refractivity (Wildman–Crippen MR) is 168 cm³/mol. The molecule has 1 aliphatic carbocycles. The van der Waals surface area contributed by atoms with Crippen LogP contribution < -0.4 is 0 Å². The zero-order valence-electron chi connectivity index (χ0n) is 23.4. The van der Waals surface area contributed by atoms with Crippen LogP contribution in [0.3, 0.4) is 0 Å². The SMILES string of the molecule is O=C(O)[C@H](C[Se])N(C(=O)OCc1cccc2c1Cc1ccccc1-2)C(c1ccccc1)(c1ccccc1)c1ccccc1. The van der Waals surface area contributed by atoms with Crippen LogP contribution in [-0.2, 0) is 28.1 Å². The molecule has 213 valence electrons. The van der Waals surface area contributed by atoms with Crippen LogP contribution in [-0.4, -0.2) is 44.1 Å². The first-order valence-corrected chi connectivity index (χ1v) is 15.4. The van der Waals surface area contributed by atoms with Gasteiger partial charge in [-0.1, -0.05) is 0 Å². The summed E-state index contributed by atoms with van der Waals surface area (Å²) in [5.74, 6) is -1.13. The second kappa shape index (κ2) is 12.3. The second-order valence-electron chi connectivity index (χ2n) is 10.5. The Hall–Kier alpha value is -4.64. The normalized spacial score (nSPS) is 12.6. The van der Waals surface area contributed by atoms with Gasteiger partial charge in [-0.2, -0.15) is 0 Å². The Bertz CT molecular complexity index is 1640. The molecule has 5 aromatic carbocycles. The Kier molecular flexibility index (Phi) is 8.15. The van der Waals surface area contributed by atoms with E-state index in [1.54, 1.807) is 0 Å². The van der Waals surface area contributed by atoms with E-state index >= 15 is 0 Å². The van der Waals surface area contributed by atoms with Gasteiger partial charge in [-0.3, -0.25) is 0 Å². The van der Waals surface area contributed by atoms with Crippen LogP contribution in [0.1, 0.15) is 33.4 Å². The monoisotopic (exact) mass is 632 g/mol. The summed E-state index contributed by atoms with van der Waals surface area (Å²) in [6, 6.07) is 41.8. The molecule has 0 unspecified atom stereocenters. The van der Waals surface area contributed by atoms with Gasteiger partial charge in [-0.25, -0.2) is 0 Å².